The number of aryl methyl sites for hydroxylation is 1. The number of hydrogen-bond donors (Lipinski definition) is 1. The Morgan fingerprint density at radius 1 is 1.32 bits per heavy atom. The smallest absolute Gasteiger partial charge is 0.106 e. The van der Waals surface area contributed by atoms with Crippen LogP contribution in [0.15, 0.2) is 35.4 Å². The summed E-state index contributed by atoms with van der Waals surface area (Å²) < 4.78 is 6.97. The molecule has 1 aromatic carbocycles. The zero-order valence-electron chi connectivity index (χ0n) is 11.2. The van der Waals surface area contributed by atoms with Gasteiger partial charge in [0.05, 0.1) is 24.6 Å². The number of ether oxygens (including phenoxy) is 1. The van der Waals surface area contributed by atoms with Crippen LogP contribution in [0.5, 0.6) is 0 Å². The molecule has 0 atom stereocenters. The molecule has 19 heavy (non-hydrogen) atoms. The number of rotatable bonds is 6. The highest BCUT2D eigenvalue weighted by Gasteiger charge is 2.15. The van der Waals surface area contributed by atoms with E-state index in [0.717, 1.165) is 27.7 Å². The second kappa shape index (κ2) is 6.75. The molecule has 0 spiro atoms. The van der Waals surface area contributed by atoms with Crippen LogP contribution in [-0.2, 0) is 11.3 Å². The number of benzene rings is 1. The average Bonchev–Trinajstić information content (AvgIpc) is 2.76. The summed E-state index contributed by atoms with van der Waals surface area (Å²) in [5, 5.41) is 15.0. The minimum atomic E-state index is 0.00792. The first kappa shape index (κ1) is 14.1. The molecule has 2 aromatic rings. The van der Waals surface area contributed by atoms with E-state index in [0.29, 0.717) is 6.61 Å². The van der Waals surface area contributed by atoms with Gasteiger partial charge in [-0.3, -0.25) is 0 Å². The Balaban J connectivity index is 2.37. The standard InChI is InChI=1S/C14H18N2O2S/c1-11-13(10-17)14(19-9-8-18-2)16(15-11)12-6-4-3-5-7-12/h3-7,17H,8-10H2,1-2H3. The molecule has 0 amide bonds. The van der Waals surface area contributed by atoms with Crippen molar-refractivity contribution in [3.8, 4) is 5.69 Å². The normalized spacial score (nSPS) is 10.9. The Labute approximate surface area is 117 Å². The van der Waals surface area contributed by atoms with Crippen LogP contribution in [0.25, 0.3) is 5.69 Å². The predicted octanol–water partition coefficient (Wildman–Crippen LogP) is 2.41. The number of para-hydroxylation sites is 1. The molecule has 1 aromatic heterocycles. The van der Waals surface area contributed by atoms with Gasteiger partial charge in [0.2, 0.25) is 0 Å². The first-order valence-corrected chi connectivity index (χ1v) is 7.13. The highest BCUT2D eigenvalue weighted by Crippen LogP contribution is 2.28. The number of thioether (sulfide) groups is 1. The molecular formula is C14H18N2O2S. The Morgan fingerprint density at radius 3 is 2.68 bits per heavy atom. The largest absolute Gasteiger partial charge is 0.392 e. The van der Waals surface area contributed by atoms with Gasteiger partial charge in [0.15, 0.2) is 0 Å². The molecular weight excluding hydrogens is 260 g/mol. The van der Waals surface area contributed by atoms with Crippen molar-refractivity contribution in [2.24, 2.45) is 0 Å². The van der Waals surface area contributed by atoms with Crippen LogP contribution >= 0.6 is 11.8 Å². The average molecular weight is 278 g/mol. The van der Waals surface area contributed by atoms with Crippen molar-refractivity contribution >= 4 is 11.8 Å². The summed E-state index contributed by atoms with van der Waals surface area (Å²) in [6.45, 7) is 2.61. The number of aromatic nitrogens is 2. The van der Waals surface area contributed by atoms with E-state index in [9.17, 15) is 5.11 Å². The molecule has 0 saturated heterocycles. The van der Waals surface area contributed by atoms with Gasteiger partial charge in [0.1, 0.15) is 5.03 Å². The highest BCUT2D eigenvalue weighted by atomic mass is 32.2. The molecule has 0 radical (unpaired) electrons. The van der Waals surface area contributed by atoms with Crippen LogP contribution in [0.1, 0.15) is 11.3 Å². The van der Waals surface area contributed by atoms with E-state index in [1.807, 2.05) is 41.9 Å². The summed E-state index contributed by atoms with van der Waals surface area (Å²) in [5.74, 6) is 0.835. The van der Waals surface area contributed by atoms with Gasteiger partial charge in [-0.25, -0.2) is 4.68 Å². The van der Waals surface area contributed by atoms with E-state index in [-0.39, 0.29) is 6.61 Å². The Morgan fingerprint density at radius 2 is 2.05 bits per heavy atom. The second-order valence-electron chi connectivity index (χ2n) is 4.12. The third-order valence-electron chi connectivity index (χ3n) is 2.82. The molecule has 0 bridgehead atoms. The van der Waals surface area contributed by atoms with Crippen LogP contribution in [-0.4, -0.2) is 34.4 Å². The summed E-state index contributed by atoms with van der Waals surface area (Å²) in [5.41, 5.74) is 2.77. The summed E-state index contributed by atoms with van der Waals surface area (Å²) >= 11 is 1.65. The maximum absolute atomic E-state index is 9.52. The third kappa shape index (κ3) is 3.18. The van der Waals surface area contributed by atoms with E-state index in [1.165, 1.54) is 0 Å². The Hall–Kier alpha value is -1.30. The number of aliphatic hydroxyl groups excluding tert-OH is 1. The van der Waals surface area contributed by atoms with E-state index >= 15 is 0 Å². The maximum Gasteiger partial charge on any atom is 0.106 e. The SMILES string of the molecule is COCCSc1c(CO)c(C)nn1-c1ccccc1. The molecule has 102 valence electrons. The van der Waals surface area contributed by atoms with Crippen molar-refractivity contribution < 1.29 is 9.84 Å². The second-order valence-corrected chi connectivity index (χ2v) is 5.20. The summed E-state index contributed by atoms with van der Waals surface area (Å²) in [4.78, 5) is 0. The molecule has 1 heterocycles. The minimum Gasteiger partial charge on any atom is -0.392 e. The number of nitrogens with zero attached hydrogens (tertiary/aromatic N) is 2. The summed E-state index contributed by atoms with van der Waals surface area (Å²) in [6.07, 6.45) is 0. The van der Waals surface area contributed by atoms with Crippen molar-refractivity contribution in [3.05, 3.63) is 41.6 Å². The lowest BCUT2D eigenvalue weighted by atomic mass is 10.3. The van der Waals surface area contributed by atoms with Gasteiger partial charge < -0.3 is 9.84 Å². The van der Waals surface area contributed by atoms with Crippen molar-refractivity contribution in [3.63, 3.8) is 0 Å². The molecule has 1 N–H and O–H groups in total. The lowest BCUT2D eigenvalue weighted by molar-refractivity contribution is 0.218. The van der Waals surface area contributed by atoms with Crippen molar-refractivity contribution in [1.29, 1.82) is 0 Å². The van der Waals surface area contributed by atoms with E-state index in [4.69, 9.17) is 4.74 Å². The molecule has 0 aliphatic heterocycles. The molecule has 4 nitrogen and oxygen atoms in total. The zero-order valence-corrected chi connectivity index (χ0v) is 12.0. The molecule has 5 heteroatoms. The van der Waals surface area contributed by atoms with Crippen molar-refractivity contribution in [2.45, 2.75) is 18.6 Å². The van der Waals surface area contributed by atoms with Crippen LogP contribution < -0.4 is 0 Å². The molecule has 2 rings (SSSR count). The third-order valence-corrected chi connectivity index (χ3v) is 3.89. The van der Waals surface area contributed by atoms with Crippen molar-refractivity contribution in [1.82, 2.24) is 9.78 Å². The van der Waals surface area contributed by atoms with Gasteiger partial charge in [-0.2, -0.15) is 5.10 Å². The Kier molecular flexibility index (Phi) is 5.01. The molecule has 0 aliphatic carbocycles. The maximum atomic E-state index is 9.52. The topological polar surface area (TPSA) is 47.3 Å². The summed E-state index contributed by atoms with van der Waals surface area (Å²) in [6, 6.07) is 9.95. The quantitative estimate of drug-likeness (QED) is 0.651. The summed E-state index contributed by atoms with van der Waals surface area (Å²) in [7, 11) is 1.69. The Bertz CT molecular complexity index is 526. The van der Waals surface area contributed by atoms with Gasteiger partial charge in [-0.1, -0.05) is 18.2 Å². The number of hydrogen-bond acceptors (Lipinski definition) is 4. The fourth-order valence-electron chi connectivity index (χ4n) is 1.83. The van der Waals surface area contributed by atoms with Gasteiger partial charge >= 0.3 is 0 Å². The lowest BCUT2D eigenvalue weighted by Gasteiger charge is -2.08. The number of aliphatic hydroxyl groups is 1. The highest BCUT2D eigenvalue weighted by molar-refractivity contribution is 7.99. The van der Waals surface area contributed by atoms with Gasteiger partial charge in [-0.05, 0) is 19.1 Å². The predicted molar refractivity (Wildman–Crippen MR) is 76.8 cm³/mol. The van der Waals surface area contributed by atoms with Crippen LogP contribution in [0, 0.1) is 6.92 Å². The van der Waals surface area contributed by atoms with Gasteiger partial charge in [0.25, 0.3) is 0 Å². The first-order valence-electron chi connectivity index (χ1n) is 6.14. The van der Waals surface area contributed by atoms with Crippen molar-refractivity contribution in [2.75, 3.05) is 19.5 Å². The molecule has 0 aliphatic rings. The zero-order chi connectivity index (χ0) is 13.7. The van der Waals surface area contributed by atoms with E-state index < -0.39 is 0 Å². The lowest BCUT2D eigenvalue weighted by Crippen LogP contribution is -2.01. The van der Waals surface area contributed by atoms with E-state index in [2.05, 4.69) is 5.10 Å². The molecule has 0 saturated carbocycles. The van der Waals surface area contributed by atoms with Gasteiger partial charge in [0, 0.05) is 18.4 Å². The monoisotopic (exact) mass is 278 g/mol. The van der Waals surface area contributed by atoms with Crippen LogP contribution in [0.3, 0.4) is 0 Å². The first-order chi connectivity index (χ1) is 9.27. The van der Waals surface area contributed by atoms with Crippen LogP contribution in [0.2, 0.25) is 0 Å². The van der Waals surface area contributed by atoms with E-state index in [1.54, 1.807) is 18.9 Å². The minimum absolute atomic E-state index is 0.00792. The fraction of sp³-hybridized carbons (Fsp3) is 0.357. The van der Waals surface area contributed by atoms with Gasteiger partial charge in [-0.15, -0.1) is 11.8 Å². The van der Waals surface area contributed by atoms with Crippen LogP contribution in [0.4, 0.5) is 0 Å². The molecule has 0 unspecified atom stereocenters. The fourth-order valence-corrected chi connectivity index (χ4v) is 2.93. The molecule has 0 fully saturated rings. The number of methoxy groups -OCH3 is 1.